The van der Waals surface area contributed by atoms with Gasteiger partial charge in [0, 0.05) is 30.9 Å². The summed E-state index contributed by atoms with van der Waals surface area (Å²) < 4.78 is 26.3. The van der Waals surface area contributed by atoms with Gasteiger partial charge >= 0.3 is 0 Å². The SMILES string of the molecule is C/C(=C/C(=O)NCC(C)CCO)c1ccc(F)cc1F. The molecule has 1 unspecified atom stereocenters. The Morgan fingerprint density at radius 3 is 2.75 bits per heavy atom. The van der Waals surface area contributed by atoms with E-state index in [4.69, 9.17) is 5.11 Å². The molecule has 5 heteroatoms. The molecule has 0 radical (unpaired) electrons. The van der Waals surface area contributed by atoms with Crippen LogP contribution < -0.4 is 5.32 Å². The number of aliphatic hydroxyl groups is 1. The maximum atomic E-state index is 13.5. The Labute approximate surface area is 117 Å². The van der Waals surface area contributed by atoms with Crippen LogP contribution in [0.1, 0.15) is 25.8 Å². The van der Waals surface area contributed by atoms with Gasteiger partial charge in [0.2, 0.25) is 5.91 Å². The van der Waals surface area contributed by atoms with Gasteiger partial charge in [-0.2, -0.15) is 0 Å². The number of carbonyl (C=O) groups is 1. The number of benzene rings is 1. The first-order chi connectivity index (χ1) is 9.43. The van der Waals surface area contributed by atoms with Crippen molar-refractivity contribution in [3.8, 4) is 0 Å². The second-order valence-electron chi connectivity index (χ2n) is 4.81. The molecule has 3 nitrogen and oxygen atoms in total. The van der Waals surface area contributed by atoms with Gasteiger partial charge in [0.05, 0.1) is 0 Å². The van der Waals surface area contributed by atoms with Crippen LogP contribution in [0, 0.1) is 17.6 Å². The molecule has 0 fully saturated rings. The Balaban J connectivity index is 2.66. The Kier molecular flexibility index (Phi) is 6.31. The predicted octanol–water partition coefficient (Wildman–Crippen LogP) is 2.50. The number of hydrogen-bond donors (Lipinski definition) is 2. The van der Waals surface area contributed by atoms with Gasteiger partial charge in [0.15, 0.2) is 0 Å². The van der Waals surface area contributed by atoms with E-state index < -0.39 is 11.6 Å². The largest absolute Gasteiger partial charge is 0.396 e. The molecule has 1 rings (SSSR count). The van der Waals surface area contributed by atoms with Gasteiger partial charge in [-0.1, -0.05) is 6.92 Å². The molecule has 20 heavy (non-hydrogen) atoms. The third-order valence-corrected chi connectivity index (χ3v) is 2.95. The van der Waals surface area contributed by atoms with Gasteiger partial charge in [-0.15, -0.1) is 0 Å². The molecule has 0 spiro atoms. The summed E-state index contributed by atoms with van der Waals surface area (Å²) in [6.45, 7) is 4.02. The van der Waals surface area contributed by atoms with Crippen LogP contribution in [0.15, 0.2) is 24.3 Å². The third-order valence-electron chi connectivity index (χ3n) is 2.95. The van der Waals surface area contributed by atoms with Gasteiger partial charge < -0.3 is 10.4 Å². The molecule has 0 saturated carbocycles. The average Bonchev–Trinajstić information content (AvgIpc) is 2.36. The van der Waals surface area contributed by atoms with Crippen LogP contribution in [0.25, 0.3) is 5.57 Å². The van der Waals surface area contributed by atoms with E-state index in [1.807, 2.05) is 6.92 Å². The summed E-state index contributed by atoms with van der Waals surface area (Å²) in [5.41, 5.74) is 0.625. The highest BCUT2D eigenvalue weighted by Crippen LogP contribution is 2.18. The number of rotatable bonds is 6. The fraction of sp³-hybridized carbons (Fsp3) is 0.400. The predicted molar refractivity (Wildman–Crippen MR) is 73.9 cm³/mol. The number of halogens is 2. The second kappa shape index (κ2) is 7.75. The topological polar surface area (TPSA) is 49.3 Å². The van der Waals surface area contributed by atoms with E-state index in [0.717, 1.165) is 12.1 Å². The number of aliphatic hydroxyl groups excluding tert-OH is 1. The maximum absolute atomic E-state index is 13.5. The van der Waals surface area contributed by atoms with Crippen LogP contribution in [0.2, 0.25) is 0 Å². The van der Waals surface area contributed by atoms with E-state index in [1.165, 1.54) is 12.1 Å². The molecule has 1 aromatic carbocycles. The van der Waals surface area contributed by atoms with Crippen LogP contribution >= 0.6 is 0 Å². The lowest BCUT2D eigenvalue weighted by Gasteiger charge is -2.10. The normalized spacial score (nSPS) is 13.2. The van der Waals surface area contributed by atoms with E-state index in [-0.39, 0.29) is 24.0 Å². The molecule has 1 aromatic rings. The van der Waals surface area contributed by atoms with Crippen molar-refractivity contribution < 1.29 is 18.7 Å². The first-order valence-electron chi connectivity index (χ1n) is 6.46. The molecule has 0 aliphatic carbocycles. The van der Waals surface area contributed by atoms with Crippen LogP contribution in [0.5, 0.6) is 0 Å². The molecule has 110 valence electrons. The van der Waals surface area contributed by atoms with Crippen molar-refractivity contribution >= 4 is 11.5 Å². The summed E-state index contributed by atoms with van der Waals surface area (Å²) in [7, 11) is 0. The highest BCUT2D eigenvalue weighted by atomic mass is 19.1. The molecule has 0 aliphatic heterocycles. The lowest BCUT2D eigenvalue weighted by atomic mass is 10.1. The molecule has 1 amide bonds. The van der Waals surface area contributed by atoms with E-state index >= 15 is 0 Å². The van der Waals surface area contributed by atoms with Crippen LogP contribution in [-0.4, -0.2) is 24.2 Å². The minimum atomic E-state index is -0.694. The lowest BCUT2D eigenvalue weighted by Crippen LogP contribution is -2.27. The van der Waals surface area contributed by atoms with E-state index in [9.17, 15) is 13.6 Å². The number of carbonyl (C=O) groups excluding carboxylic acids is 1. The first-order valence-corrected chi connectivity index (χ1v) is 6.46. The molecule has 2 N–H and O–H groups in total. The molecular formula is C15H19F2NO2. The molecule has 0 saturated heterocycles. The Bertz CT molecular complexity index is 501. The fourth-order valence-electron chi connectivity index (χ4n) is 1.73. The van der Waals surface area contributed by atoms with Crippen LogP contribution in [-0.2, 0) is 4.79 Å². The smallest absolute Gasteiger partial charge is 0.244 e. The lowest BCUT2D eigenvalue weighted by molar-refractivity contribution is -0.116. The molecule has 0 heterocycles. The average molecular weight is 283 g/mol. The van der Waals surface area contributed by atoms with E-state index in [1.54, 1.807) is 6.92 Å². The minimum Gasteiger partial charge on any atom is -0.396 e. The Morgan fingerprint density at radius 1 is 1.45 bits per heavy atom. The number of allylic oxidation sites excluding steroid dienone is 1. The highest BCUT2D eigenvalue weighted by molar-refractivity contribution is 5.94. The molecule has 0 bridgehead atoms. The van der Waals surface area contributed by atoms with Crippen molar-refractivity contribution in [2.24, 2.45) is 5.92 Å². The van der Waals surface area contributed by atoms with Crippen molar-refractivity contribution in [1.29, 1.82) is 0 Å². The van der Waals surface area contributed by atoms with E-state index in [0.29, 0.717) is 18.5 Å². The Morgan fingerprint density at radius 2 is 2.15 bits per heavy atom. The minimum absolute atomic E-state index is 0.0761. The van der Waals surface area contributed by atoms with Crippen molar-refractivity contribution in [2.75, 3.05) is 13.2 Å². The van der Waals surface area contributed by atoms with Gasteiger partial charge in [0.25, 0.3) is 0 Å². The van der Waals surface area contributed by atoms with Gasteiger partial charge in [-0.25, -0.2) is 8.78 Å². The van der Waals surface area contributed by atoms with Crippen molar-refractivity contribution in [3.05, 3.63) is 41.5 Å². The summed E-state index contributed by atoms with van der Waals surface area (Å²) in [4.78, 5) is 11.7. The van der Waals surface area contributed by atoms with Crippen LogP contribution in [0.3, 0.4) is 0 Å². The monoisotopic (exact) mass is 283 g/mol. The number of amides is 1. The second-order valence-corrected chi connectivity index (χ2v) is 4.81. The van der Waals surface area contributed by atoms with Crippen molar-refractivity contribution in [2.45, 2.75) is 20.3 Å². The van der Waals surface area contributed by atoms with Crippen molar-refractivity contribution in [3.63, 3.8) is 0 Å². The summed E-state index contributed by atoms with van der Waals surface area (Å²) in [6, 6.07) is 3.24. The van der Waals surface area contributed by atoms with E-state index in [2.05, 4.69) is 5.32 Å². The zero-order chi connectivity index (χ0) is 15.1. The van der Waals surface area contributed by atoms with Crippen molar-refractivity contribution in [1.82, 2.24) is 5.32 Å². The zero-order valence-electron chi connectivity index (χ0n) is 11.6. The molecule has 0 aromatic heterocycles. The quantitative estimate of drug-likeness (QED) is 0.788. The summed E-state index contributed by atoms with van der Waals surface area (Å²) in [5.74, 6) is -1.52. The fourth-order valence-corrected chi connectivity index (χ4v) is 1.73. The van der Waals surface area contributed by atoms with Crippen LogP contribution in [0.4, 0.5) is 8.78 Å². The number of hydrogen-bond acceptors (Lipinski definition) is 2. The highest BCUT2D eigenvalue weighted by Gasteiger charge is 2.08. The number of nitrogens with one attached hydrogen (secondary N) is 1. The molecular weight excluding hydrogens is 264 g/mol. The molecule has 1 atom stereocenters. The van der Waals surface area contributed by atoms with Gasteiger partial charge in [-0.3, -0.25) is 4.79 Å². The standard InChI is InChI=1S/C15H19F2NO2/c1-10(5-6-19)9-18-15(20)7-11(2)13-4-3-12(16)8-14(13)17/h3-4,7-8,10,19H,5-6,9H2,1-2H3,(H,18,20)/b11-7-. The molecule has 0 aliphatic rings. The summed E-state index contributed by atoms with van der Waals surface area (Å²) in [5, 5.41) is 11.4. The maximum Gasteiger partial charge on any atom is 0.244 e. The first kappa shape index (κ1) is 16.3. The summed E-state index contributed by atoms with van der Waals surface area (Å²) >= 11 is 0. The summed E-state index contributed by atoms with van der Waals surface area (Å²) in [6.07, 6.45) is 1.89. The Hall–Kier alpha value is -1.75. The van der Waals surface area contributed by atoms with Gasteiger partial charge in [-0.05, 0) is 37.0 Å². The zero-order valence-corrected chi connectivity index (χ0v) is 11.6. The third kappa shape index (κ3) is 5.09. The van der Waals surface area contributed by atoms with Gasteiger partial charge in [0.1, 0.15) is 11.6 Å².